The third-order valence-electron chi connectivity index (χ3n) is 4.34. The number of benzene rings is 3. The average molecular weight is 457 g/mol. The van der Waals surface area contributed by atoms with Crippen LogP contribution in [0.4, 0.5) is 0 Å². The van der Waals surface area contributed by atoms with Crippen molar-refractivity contribution in [3.63, 3.8) is 0 Å². The molecule has 30 heavy (non-hydrogen) atoms. The van der Waals surface area contributed by atoms with Gasteiger partial charge in [0.15, 0.2) is 0 Å². The molecule has 1 heterocycles. The molecule has 0 saturated heterocycles. The monoisotopic (exact) mass is 456 g/mol. The van der Waals surface area contributed by atoms with E-state index in [0.29, 0.717) is 19.8 Å². The average Bonchev–Trinajstić information content (AvgIpc) is 2.79. The first-order valence-corrected chi connectivity index (χ1v) is 12.9. The molecule has 0 fully saturated rings. The number of hydrogen-bond donors (Lipinski definition) is 0. The second kappa shape index (κ2) is 11.5. The first-order chi connectivity index (χ1) is 14.9. The van der Waals surface area contributed by atoms with Crippen LogP contribution in [0.2, 0.25) is 0 Å². The van der Waals surface area contributed by atoms with Gasteiger partial charge in [-0.3, -0.25) is 0 Å². The van der Waals surface area contributed by atoms with Gasteiger partial charge in [-0.05, 0) is 36.4 Å². The molecule has 4 rings (SSSR count). The SMILES string of the molecule is c1ccc2c(c1)OCCSc1ccccc1OCCSc1ccccc1OCCS2. The summed E-state index contributed by atoms with van der Waals surface area (Å²) in [5.41, 5.74) is 0. The van der Waals surface area contributed by atoms with E-state index in [1.54, 1.807) is 35.3 Å². The molecule has 0 N–H and O–H groups in total. The van der Waals surface area contributed by atoms with E-state index in [4.69, 9.17) is 14.2 Å². The minimum Gasteiger partial charge on any atom is -0.492 e. The van der Waals surface area contributed by atoms with Crippen LogP contribution in [0.5, 0.6) is 17.2 Å². The first-order valence-electron chi connectivity index (χ1n) is 9.94. The Labute approximate surface area is 190 Å². The lowest BCUT2D eigenvalue weighted by molar-refractivity contribution is 0.330. The Bertz CT molecular complexity index is 751. The maximum Gasteiger partial charge on any atom is 0.132 e. The second-order valence-corrected chi connectivity index (χ2v) is 9.84. The van der Waals surface area contributed by atoms with Crippen molar-refractivity contribution in [2.45, 2.75) is 14.7 Å². The molecule has 3 nitrogen and oxygen atoms in total. The van der Waals surface area contributed by atoms with Gasteiger partial charge in [0.05, 0.1) is 19.8 Å². The number of fused-ring (bicyclic) bond motifs is 3. The van der Waals surface area contributed by atoms with Gasteiger partial charge < -0.3 is 14.2 Å². The van der Waals surface area contributed by atoms with Crippen LogP contribution in [0, 0.1) is 0 Å². The molecule has 0 bridgehead atoms. The molecule has 3 aromatic carbocycles. The lowest BCUT2D eigenvalue weighted by atomic mass is 10.3. The molecular formula is C24H24O3S3. The topological polar surface area (TPSA) is 27.7 Å². The van der Waals surface area contributed by atoms with Crippen LogP contribution >= 0.6 is 35.3 Å². The van der Waals surface area contributed by atoms with E-state index in [-0.39, 0.29) is 0 Å². The molecule has 0 amide bonds. The maximum atomic E-state index is 6.08. The van der Waals surface area contributed by atoms with Crippen LogP contribution in [-0.2, 0) is 0 Å². The molecule has 0 aliphatic carbocycles. The zero-order valence-electron chi connectivity index (χ0n) is 16.6. The van der Waals surface area contributed by atoms with Crippen LogP contribution in [0.25, 0.3) is 0 Å². The lowest BCUT2D eigenvalue weighted by Gasteiger charge is -2.15. The van der Waals surface area contributed by atoms with Gasteiger partial charge in [-0.25, -0.2) is 0 Å². The molecular weight excluding hydrogens is 432 g/mol. The minimum absolute atomic E-state index is 0.649. The molecule has 1 aliphatic rings. The number of ether oxygens (including phenoxy) is 3. The zero-order chi connectivity index (χ0) is 20.4. The van der Waals surface area contributed by atoms with E-state index in [2.05, 4.69) is 36.4 Å². The van der Waals surface area contributed by atoms with Crippen LogP contribution < -0.4 is 14.2 Å². The number of hydrogen-bond acceptors (Lipinski definition) is 6. The number of rotatable bonds is 0. The van der Waals surface area contributed by atoms with Gasteiger partial charge in [0, 0.05) is 31.9 Å². The van der Waals surface area contributed by atoms with Gasteiger partial charge in [-0.2, -0.15) is 0 Å². The van der Waals surface area contributed by atoms with Crippen LogP contribution in [0.1, 0.15) is 0 Å². The summed E-state index contributed by atoms with van der Waals surface area (Å²) in [4.78, 5) is 3.45. The van der Waals surface area contributed by atoms with Crippen molar-refractivity contribution in [2.75, 3.05) is 37.1 Å². The van der Waals surface area contributed by atoms with Crippen LogP contribution in [0.3, 0.4) is 0 Å². The lowest BCUT2D eigenvalue weighted by Crippen LogP contribution is -2.05. The normalized spacial score (nSPS) is 15.6. The molecule has 3 aromatic rings. The van der Waals surface area contributed by atoms with E-state index in [0.717, 1.165) is 49.2 Å². The summed E-state index contributed by atoms with van der Waals surface area (Å²) in [5.74, 6) is 5.40. The molecule has 1 aliphatic heterocycles. The molecule has 156 valence electrons. The summed E-state index contributed by atoms with van der Waals surface area (Å²) in [5, 5.41) is 0. The largest absolute Gasteiger partial charge is 0.492 e. The predicted octanol–water partition coefficient (Wildman–Crippen LogP) is 6.51. The second-order valence-electron chi connectivity index (χ2n) is 6.43. The molecule has 0 radical (unpaired) electrons. The Hall–Kier alpha value is -1.89. The Morgan fingerprint density at radius 1 is 0.433 bits per heavy atom. The van der Waals surface area contributed by atoms with E-state index in [1.165, 1.54) is 0 Å². The summed E-state index contributed by atoms with van der Waals surface area (Å²) in [6, 6.07) is 24.7. The van der Waals surface area contributed by atoms with Crippen molar-refractivity contribution >= 4 is 35.3 Å². The Balaban J connectivity index is 1.50. The standard InChI is InChI=1S/C24H24O3S3/c1-4-10-22-19(7-1)25-13-16-29-23-11-5-2-8-20(23)27-15-18-30-24-12-6-3-9-21(24)26-14-17-28-22/h1-12H,13-18H2. The van der Waals surface area contributed by atoms with Crippen molar-refractivity contribution in [1.82, 2.24) is 0 Å². The maximum absolute atomic E-state index is 6.08. The van der Waals surface area contributed by atoms with E-state index in [9.17, 15) is 0 Å². The Kier molecular flexibility index (Phi) is 8.17. The van der Waals surface area contributed by atoms with Crippen molar-refractivity contribution in [3.05, 3.63) is 72.8 Å². The Morgan fingerprint density at radius 3 is 1.07 bits per heavy atom. The number of thioether (sulfide) groups is 3. The molecule has 0 saturated carbocycles. The van der Waals surface area contributed by atoms with Crippen molar-refractivity contribution in [1.29, 1.82) is 0 Å². The summed E-state index contributed by atoms with van der Waals surface area (Å²) in [7, 11) is 0. The van der Waals surface area contributed by atoms with Gasteiger partial charge in [-0.1, -0.05) is 36.4 Å². The molecule has 0 spiro atoms. The molecule has 6 heteroatoms. The zero-order valence-corrected chi connectivity index (χ0v) is 19.1. The first kappa shape index (κ1) is 21.3. The van der Waals surface area contributed by atoms with E-state index in [1.807, 2.05) is 36.4 Å². The highest BCUT2D eigenvalue weighted by Gasteiger charge is 2.09. The van der Waals surface area contributed by atoms with Gasteiger partial charge in [0.25, 0.3) is 0 Å². The highest BCUT2D eigenvalue weighted by atomic mass is 32.2. The van der Waals surface area contributed by atoms with Crippen LogP contribution in [0.15, 0.2) is 87.5 Å². The third kappa shape index (κ3) is 6.06. The fraction of sp³-hybridized carbons (Fsp3) is 0.250. The highest BCUT2D eigenvalue weighted by Crippen LogP contribution is 2.33. The fourth-order valence-electron chi connectivity index (χ4n) is 2.98. The Morgan fingerprint density at radius 2 is 0.733 bits per heavy atom. The third-order valence-corrected chi connectivity index (χ3v) is 7.40. The van der Waals surface area contributed by atoms with Crippen molar-refractivity contribution in [2.24, 2.45) is 0 Å². The fourth-order valence-corrected chi connectivity index (χ4v) is 5.47. The summed E-state index contributed by atoms with van der Waals surface area (Å²) < 4.78 is 18.2. The minimum atomic E-state index is 0.649. The van der Waals surface area contributed by atoms with Crippen molar-refractivity contribution < 1.29 is 14.2 Å². The summed E-state index contributed by atoms with van der Waals surface area (Å²) >= 11 is 5.31. The van der Waals surface area contributed by atoms with Gasteiger partial charge >= 0.3 is 0 Å². The van der Waals surface area contributed by atoms with Crippen molar-refractivity contribution in [3.8, 4) is 17.2 Å². The smallest absolute Gasteiger partial charge is 0.132 e. The number of para-hydroxylation sites is 3. The van der Waals surface area contributed by atoms with Gasteiger partial charge in [-0.15, -0.1) is 35.3 Å². The van der Waals surface area contributed by atoms with E-state index < -0.39 is 0 Å². The quantitative estimate of drug-likeness (QED) is 0.383. The molecule has 0 unspecified atom stereocenters. The predicted molar refractivity (Wildman–Crippen MR) is 128 cm³/mol. The molecule has 0 aromatic heterocycles. The summed E-state index contributed by atoms with van der Waals surface area (Å²) in [6.45, 7) is 1.95. The van der Waals surface area contributed by atoms with Gasteiger partial charge in [0.2, 0.25) is 0 Å². The van der Waals surface area contributed by atoms with E-state index >= 15 is 0 Å². The van der Waals surface area contributed by atoms with Gasteiger partial charge in [0.1, 0.15) is 17.2 Å². The highest BCUT2D eigenvalue weighted by molar-refractivity contribution is 8.00. The molecule has 0 atom stereocenters. The summed E-state index contributed by atoms with van der Waals surface area (Å²) in [6.07, 6.45) is 0. The van der Waals surface area contributed by atoms with Crippen LogP contribution in [-0.4, -0.2) is 37.1 Å².